The molecule has 0 unspecified atom stereocenters. The Hall–Kier alpha value is -0.770. The smallest absolute Gasteiger partial charge is 0.206 e. The van der Waals surface area contributed by atoms with Gasteiger partial charge in [-0.25, -0.2) is 10.8 Å². The van der Waals surface area contributed by atoms with Crippen LogP contribution in [0.15, 0.2) is 4.99 Å². The number of nitrogens with zero attached hydrogens (tertiary/aromatic N) is 1. The van der Waals surface area contributed by atoms with Crippen molar-refractivity contribution in [2.24, 2.45) is 10.8 Å². The van der Waals surface area contributed by atoms with Gasteiger partial charge in [-0.05, 0) is 33.1 Å². The van der Waals surface area contributed by atoms with Crippen molar-refractivity contribution in [3.63, 3.8) is 0 Å². The third kappa shape index (κ3) is 3.63. The SMILES string of the molecule is CCC(C)(C)NC(=NC1CC1)NN. The third-order valence-corrected chi connectivity index (χ3v) is 2.34. The zero-order chi connectivity index (χ0) is 9.90. The van der Waals surface area contributed by atoms with E-state index in [9.17, 15) is 0 Å². The average Bonchev–Trinajstić information content (AvgIpc) is 2.87. The molecule has 1 saturated carbocycles. The van der Waals surface area contributed by atoms with Crippen LogP contribution in [0, 0.1) is 0 Å². The number of nitrogens with one attached hydrogen (secondary N) is 2. The first-order valence-electron chi connectivity index (χ1n) is 4.90. The number of rotatable bonds is 3. The fourth-order valence-corrected chi connectivity index (χ4v) is 0.901. The summed E-state index contributed by atoms with van der Waals surface area (Å²) in [5, 5.41) is 3.28. The molecule has 1 aliphatic rings. The quantitative estimate of drug-likeness (QED) is 0.262. The van der Waals surface area contributed by atoms with E-state index in [1.54, 1.807) is 0 Å². The van der Waals surface area contributed by atoms with Gasteiger partial charge in [0, 0.05) is 5.54 Å². The van der Waals surface area contributed by atoms with Gasteiger partial charge in [0.2, 0.25) is 5.96 Å². The van der Waals surface area contributed by atoms with E-state index in [1.165, 1.54) is 12.8 Å². The van der Waals surface area contributed by atoms with Gasteiger partial charge < -0.3 is 5.32 Å². The second-order valence-electron chi connectivity index (χ2n) is 4.22. The van der Waals surface area contributed by atoms with Crippen molar-refractivity contribution in [2.75, 3.05) is 0 Å². The standard InChI is InChI=1S/C9H20N4/c1-4-9(2,3)12-8(13-10)11-7-5-6-7/h7H,4-6,10H2,1-3H3,(H2,11,12,13). The lowest BCUT2D eigenvalue weighted by atomic mass is 10.0. The van der Waals surface area contributed by atoms with Gasteiger partial charge in [-0.2, -0.15) is 0 Å². The number of aliphatic imine (C=N–C) groups is 1. The predicted molar refractivity (Wildman–Crippen MR) is 55.3 cm³/mol. The van der Waals surface area contributed by atoms with Crippen LogP contribution in [0.4, 0.5) is 0 Å². The Labute approximate surface area is 80.0 Å². The topological polar surface area (TPSA) is 62.4 Å². The van der Waals surface area contributed by atoms with Gasteiger partial charge in [0.15, 0.2) is 0 Å². The van der Waals surface area contributed by atoms with Gasteiger partial charge in [-0.1, -0.05) is 6.92 Å². The minimum absolute atomic E-state index is 0.0556. The number of hydrazine groups is 1. The van der Waals surface area contributed by atoms with E-state index in [1.807, 2.05) is 0 Å². The zero-order valence-corrected chi connectivity index (χ0v) is 8.72. The summed E-state index contributed by atoms with van der Waals surface area (Å²) in [4.78, 5) is 4.41. The molecule has 0 aromatic rings. The molecule has 4 nitrogen and oxygen atoms in total. The summed E-state index contributed by atoms with van der Waals surface area (Å²) in [6.45, 7) is 6.40. The lowest BCUT2D eigenvalue weighted by Crippen LogP contribution is -2.51. The van der Waals surface area contributed by atoms with Gasteiger partial charge in [0.1, 0.15) is 0 Å². The van der Waals surface area contributed by atoms with Gasteiger partial charge in [0.05, 0.1) is 6.04 Å². The lowest BCUT2D eigenvalue weighted by Gasteiger charge is -2.26. The molecular weight excluding hydrogens is 164 g/mol. The van der Waals surface area contributed by atoms with E-state index >= 15 is 0 Å². The molecule has 0 spiro atoms. The van der Waals surface area contributed by atoms with Crippen molar-refractivity contribution >= 4 is 5.96 Å². The Kier molecular flexibility index (Phi) is 3.14. The maximum atomic E-state index is 5.37. The first kappa shape index (κ1) is 10.3. The Morgan fingerprint density at radius 3 is 2.54 bits per heavy atom. The van der Waals surface area contributed by atoms with E-state index in [4.69, 9.17) is 5.84 Å². The molecule has 0 saturated heterocycles. The molecule has 0 aromatic heterocycles. The van der Waals surface area contributed by atoms with E-state index in [-0.39, 0.29) is 5.54 Å². The highest BCUT2D eigenvalue weighted by Crippen LogP contribution is 2.23. The highest BCUT2D eigenvalue weighted by atomic mass is 15.3. The molecule has 1 rings (SSSR count). The van der Waals surface area contributed by atoms with Crippen LogP contribution in [0.1, 0.15) is 40.0 Å². The van der Waals surface area contributed by atoms with Crippen LogP contribution in [0.3, 0.4) is 0 Å². The number of hydrogen-bond donors (Lipinski definition) is 3. The molecule has 0 bridgehead atoms. The van der Waals surface area contributed by atoms with Crippen LogP contribution in [-0.4, -0.2) is 17.5 Å². The first-order valence-corrected chi connectivity index (χ1v) is 4.90. The first-order chi connectivity index (χ1) is 6.07. The van der Waals surface area contributed by atoms with Gasteiger partial charge in [0.25, 0.3) is 0 Å². The molecule has 1 fully saturated rings. The second-order valence-corrected chi connectivity index (χ2v) is 4.22. The number of guanidine groups is 1. The molecule has 0 amide bonds. The summed E-state index contributed by atoms with van der Waals surface area (Å²) in [6, 6.07) is 0.492. The summed E-state index contributed by atoms with van der Waals surface area (Å²) in [7, 11) is 0. The molecule has 4 N–H and O–H groups in total. The van der Waals surface area contributed by atoms with E-state index in [0.717, 1.165) is 6.42 Å². The van der Waals surface area contributed by atoms with Crippen molar-refractivity contribution in [1.82, 2.24) is 10.7 Å². The Balaban J connectivity index is 2.47. The molecule has 0 aromatic carbocycles. The Morgan fingerprint density at radius 1 is 1.54 bits per heavy atom. The zero-order valence-electron chi connectivity index (χ0n) is 8.72. The molecule has 0 atom stereocenters. The minimum Gasteiger partial charge on any atom is -0.350 e. The number of hydrogen-bond acceptors (Lipinski definition) is 2. The van der Waals surface area contributed by atoms with E-state index in [0.29, 0.717) is 12.0 Å². The summed E-state index contributed by atoms with van der Waals surface area (Å²) in [6.07, 6.45) is 3.43. The van der Waals surface area contributed by atoms with Crippen molar-refractivity contribution in [3.8, 4) is 0 Å². The van der Waals surface area contributed by atoms with E-state index < -0.39 is 0 Å². The molecule has 0 radical (unpaired) electrons. The highest BCUT2D eigenvalue weighted by molar-refractivity contribution is 5.80. The fourth-order valence-electron chi connectivity index (χ4n) is 0.901. The largest absolute Gasteiger partial charge is 0.350 e. The van der Waals surface area contributed by atoms with Crippen LogP contribution in [0.2, 0.25) is 0 Å². The van der Waals surface area contributed by atoms with E-state index in [2.05, 4.69) is 36.5 Å². The van der Waals surface area contributed by atoms with Crippen molar-refractivity contribution in [3.05, 3.63) is 0 Å². The van der Waals surface area contributed by atoms with Crippen LogP contribution in [0.5, 0.6) is 0 Å². The van der Waals surface area contributed by atoms with Crippen LogP contribution in [-0.2, 0) is 0 Å². The predicted octanol–water partition coefficient (Wildman–Crippen LogP) is 0.746. The molecule has 1 aliphatic carbocycles. The molecule has 4 heteroatoms. The normalized spacial score (nSPS) is 18.6. The van der Waals surface area contributed by atoms with Crippen molar-refractivity contribution in [1.29, 1.82) is 0 Å². The summed E-state index contributed by atoms with van der Waals surface area (Å²) in [5.41, 5.74) is 2.66. The highest BCUT2D eigenvalue weighted by Gasteiger charge is 2.23. The van der Waals surface area contributed by atoms with Crippen molar-refractivity contribution < 1.29 is 0 Å². The van der Waals surface area contributed by atoms with Gasteiger partial charge in [-0.15, -0.1) is 0 Å². The molecular formula is C9H20N4. The summed E-state index contributed by atoms with van der Waals surface area (Å²) >= 11 is 0. The molecule has 76 valence electrons. The van der Waals surface area contributed by atoms with Crippen LogP contribution in [0.25, 0.3) is 0 Å². The summed E-state index contributed by atoms with van der Waals surface area (Å²) < 4.78 is 0. The Morgan fingerprint density at radius 2 is 2.15 bits per heavy atom. The second kappa shape index (κ2) is 3.96. The summed E-state index contributed by atoms with van der Waals surface area (Å²) in [5.74, 6) is 6.08. The van der Waals surface area contributed by atoms with Gasteiger partial charge >= 0.3 is 0 Å². The average molecular weight is 184 g/mol. The maximum Gasteiger partial charge on any atom is 0.206 e. The minimum atomic E-state index is 0.0556. The fraction of sp³-hybridized carbons (Fsp3) is 0.889. The maximum absolute atomic E-state index is 5.37. The third-order valence-electron chi connectivity index (χ3n) is 2.34. The Bertz CT molecular complexity index is 194. The lowest BCUT2D eigenvalue weighted by molar-refractivity contribution is 0.438. The molecule has 13 heavy (non-hydrogen) atoms. The monoisotopic (exact) mass is 184 g/mol. The number of nitrogens with two attached hydrogens (primary N) is 1. The van der Waals surface area contributed by atoms with Crippen molar-refractivity contribution in [2.45, 2.75) is 51.6 Å². The van der Waals surface area contributed by atoms with Gasteiger partial charge in [-0.3, -0.25) is 5.43 Å². The molecule has 0 aliphatic heterocycles. The van der Waals surface area contributed by atoms with Crippen LogP contribution < -0.4 is 16.6 Å². The van der Waals surface area contributed by atoms with Crippen LogP contribution >= 0.6 is 0 Å². The molecule has 0 heterocycles.